The third kappa shape index (κ3) is 2.93. The number of carbonyl (C=O) groups is 1. The molecule has 0 saturated heterocycles. The van der Waals surface area contributed by atoms with E-state index in [9.17, 15) is 14.3 Å². The van der Waals surface area contributed by atoms with E-state index in [0.717, 1.165) is 11.6 Å². The largest absolute Gasteiger partial charge is 0.507 e. The second-order valence-electron chi connectivity index (χ2n) is 4.35. The molecule has 0 radical (unpaired) electrons. The Labute approximate surface area is 116 Å². The van der Waals surface area contributed by atoms with E-state index in [1.807, 2.05) is 6.92 Å². The van der Waals surface area contributed by atoms with Gasteiger partial charge < -0.3 is 10.4 Å². The molecule has 0 fully saturated rings. The van der Waals surface area contributed by atoms with Crippen LogP contribution in [0.25, 0.3) is 0 Å². The molecule has 2 N–H and O–H groups in total. The van der Waals surface area contributed by atoms with E-state index in [4.69, 9.17) is 0 Å². The molecule has 1 aromatic carbocycles. The summed E-state index contributed by atoms with van der Waals surface area (Å²) in [6.07, 6.45) is 3.90. The van der Waals surface area contributed by atoms with Crippen molar-refractivity contribution in [2.45, 2.75) is 19.4 Å². The van der Waals surface area contributed by atoms with Crippen LogP contribution in [0.2, 0.25) is 0 Å². The van der Waals surface area contributed by atoms with E-state index >= 15 is 0 Å². The van der Waals surface area contributed by atoms with Crippen LogP contribution in [-0.2, 0) is 0 Å². The zero-order chi connectivity index (χ0) is 14.5. The van der Waals surface area contributed by atoms with E-state index < -0.39 is 11.7 Å². The van der Waals surface area contributed by atoms with Gasteiger partial charge in [0.1, 0.15) is 17.1 Å². The van der Waals surface area contributed by atoms with Gasteiger partial charge in [0.25, 0.3) is 5.91 Å². The molecule has 20 heavy (non-hydrogen) atoms. The second kappa shape index (κ2) is 6.14. The Bertz CT molecular complexity index is 582. The standard InChI is InChI=1S/C15H15FN2O2/c1-2-12(10-6-8-17-9-7-10)18-15(20)14-11(16)4-3-5-13(14)19/h3-9,12,19H,2H2,1H3,(H,18,20)/t12-/m1/s1. The maximum atomic E-state index is 13.6. The summed E-state index contributed by atoms with van der Waals surface area (Å²) < 4.78 is 13.6. The fourth-order valence-corrected chi connectivity index (χ4v) is 1.98. The van der Waals surface area contributed by atoms with Gasteiger partial charge in [-0.1, -0.05) is 13.0 Å². The Hall–Kier alpha value is -2.43. The molecule has 104 valence electrons. The summed E-state index contributed by atoms with van der Waals surface area (Å²) in [5.74, 6) is -1.75. The van der Waals surface area contributed by atoms with E-state index in [2.05, 4.69) is 10.3 Å². The molecular formula is C15H15FN2O2. The lowest BCUT2D eigenvalue weighted by Crippen LogP contribution is -2.29. The van der Waals surface area contributed by atoms with E-state index in [1.165, 1.54) is 12.1 Å². The number of nitrogens with one attached hydrogen (secondary N) is 1. The summed E-state index contributed by atoms with van der Waals surface area (Å²) in [6.45, 7) is 1.91. The number of halogens is 1. The number of pyridine rings is 1. The van der Waals surface area contributed by atoms with E-state index in [-0.39, 0.29) is 17.4 Å². The van der Waals surface area contributed by atoms with E-state index in [0.29, 0.717) is 6.42 Å². The molecule has 1 amide bonds. The Kier molecular flexibility index (Phi) is 4.30. The van der Waals surface area contributed by atoms with Crippen molar-refractivity contribution in [3.05, 3.63) is 59.7 Å². The van der Waals surface area contributed by atoms with Crippen LogP contribution in [-0.4, -0.2) is 16.0 Å². The van der Waals surface area contributed by atoms with Crippen LogP contribution in [0.3, 0.4) is 0 Å². The highest BCUT2D eigenvalue weighted by Crippen LogP contribution is 2.22. The SMILES string of the molecule is CC[C@@H](NC(=O)c1c(O)cccc1F)c1ccncc1. The molecule has 2 aromatic rings. The summed E-state index contributed by atoms with van der Waals surface area (Å²) in [4.78, 5) is 16.0. The molecule has 0 aliphatic heterocycles. The van der Waals surface area contributed by atoms with Crippen molar-refractivity contribution in [1.82, 2.24) is 10.3 Å². The first-order chi connectivity index (χ1) is 9.63. The predicted octanol–water partition coefficient (Wildman–Crippen LogP) is 2.81. The smallest absolute Gasteiger partial charge is 0.258 e. The van der Waals surface area contributed by atoms with Gasteiger partial charge in [-0.2, -0.15) is 0 Å². The molecule has 1 atom stereocenters. The van der Waals surface area contributed by atoms with Crippen LogP contribution in [0.4, 0.5) is 4.39 Å². The highest BCUT2D eigenvalue weighted by Gasteiger charge is 2.20. The Morgan fingerprint density at radius 2 is 2.05 bits per heavy atom. The third-order valence-corrected chi connectivity index (χ3v) is 3.04. The van der Waals surface area contributed by atoms with Crippen LogP contribution in [0.1, 0.15) is 35.3 Å². The molecule has 1 aromatic heterocycles. The Morgan fingerprint density at radius 3 is 2.65 bits per heavy atom. The van der Waals surface area contributed by atoms with E-state index in [1.54, 1.807) is 24.5 Å². The van der Waals surface area contributed by atoms with Crippen molar-refractivity contribution >= 4 is 5.91 Å². The third-order valence-electron chi connectivity index (χ3n) is 3.04. The predicted molar refractivity (Wildman–Crippen MR) is 72.8 cm³/mol. The topological polar surface area (TPSA) is 62.2 Å². The molecule has 2 rings (SSSR count). The fourth-order valence-electron chi connectivity index (χ4n) is 1.98. The lowest BCUT2D eigenvalue weighted by molar-refractivity contribution is 0.0928. The zero-order valence-electron chi connectivity index (χ0n) is 11.0. The van der Waals surface area contributed by atoms with Crippen molar-refractivity contribution in [2.75, 3.05) is 0 Å². The minimum Gasteiger partial charge on any atom is -0.507 e. The molecule has 5 heteroatoms. The first-order valence-electron chi connectivity index (χ1n) is 6.31. The zero-order valence-corrected chi connectivity index (χ0v) is 11.0. The van der Waals surface area contributed by atoms with Crippen molar-refractivity contribution in [3.8, 4) is 5.75 Å². The normalized spacial score (nSPS) is 11.9. The highest BCUT2D eigenvalue weighted by molar-refractivity contribution is 5.97. The lowest BCUT2D eigenvalue weighted by Gasteiger charge is -2.17. The van der Waals surface area contributed by atoms with Gasteiger partial charge in [0.15, 0.2) is 0 Å². The van der Waals surface area contributed by atoms with Crippen LogP contribution in [0.15, 0.2) is 42.7 Å². The number of benzene rings is 1. The second-order valence-corrected chi connectivity index (χ2v) is 4.35. The van der Waals surface area contributed by atoms with Gasteiger partial charge in [0.2, 0.25) is 0 Å². The number of aromatic nitrogens is 1. The molecule has 0 saturated carbocycles. The van der Waals surface area contributed by atoms with Gasteiger partial charge in [-0.15, -0.1) is 0 Å². The van der Waals surface area contributed by atoms with Gasteiger partial charge in [-0.25, -0.2) is 4.39 Å². The molecular weight excluding hydrogens is 259 g/mol. The summed E-state index contributed by atoms with van der Waals surface area (Å²) in [6, 6.07) is 7.09. The molecule has 0 spiro atoms. The fraction of sp³-hybridized carbons (Fsp3) is 0.200. The lowest BCUT2D eigenvalue weighted by atomic mass is 10.1. The Morgan fingerprint density at radius 1 is 1.35 bits per heavy atom. The van der Waals surface area contributed by atoms with Crippen LogP contribution in [0.5, 0.6) is 5.75 Å². The molecule has 4 nitrogen and oxygen atoms in total. The molecule has 0 aliphatic rings. The van der Waals surface area contributed by atoms with Crippen molar-refractivity contribution in [3.63, 3.8) is 0 Å². The van der Waals surface area contributed by atoms with Crippen molar-refractivity contribution in [2.24, 2.45) is 0 Å². The van der Waals surface area contributed by atoms with Crippen LogP contribution < -0.4 is 5.32 Å². The number of phenolic OH excluding ortho intramolecular Hbond substituents is 1. The Balaban J connectivity index is 2.22. The molecule has 1 heterocycles. The summed E-state index contributed by atoms with van der Waals surface area (Å²) in [5, 5.41) is 12.3. The average Bonchev–Trinajstić information content (AvgIpc) is 2.45. The highest BCUT2D eigenvalue weighted by atomic mass is 19.1. The maximum absolute atomic E-state index is 13.6. The van der Waals surface area contributed by atoms with Crippen LogP contribution in [0, 0.1) is 5.82 Å². The minimum absolute atomic E-state index is 0.260. The minimum atomic E-state index is -0.743. The molecule has 0 bridgehead atoms. The van der Waals surface area contributed by atoms with Gasteiger partial charge in [0, 0.05) is 12.4 Å². The first-order valence-corrected chi connectivity index (χ1v) is 6.31. The van der Waals surface area contributed by atoms with Crippen molar-refractivity contribution < 1.29 is 14.3 Å². The number of aromatic hydroxyl groups is 1. The number of carbonyl (C=O) groups excluding carboxylic acids is 1. The number of nitrogens with zero attached hydrogens (tertiary/aromatic N) is 1. The number of hydrogen-bond donors (Lipinski definition) is 2. The maximum Gasteiger partial charge on any atom is 0.258 e. The summed E-state index contributed by atoms with van der Waals surface area (Å²) in [7, 11) is 0. The van der Waals surface area contributed by atoms with Crippen molar-refractivity contribution in [1.29, 1.82) is 0 Å². The van der Waals surface area contributed by atoms with Crippen LogP contribution >= 0.6 is 0 Å². The first kappa shape index (κ1) is 14.0. The van der Waals surface area contributed by atoms with Gasteiger partial charge in [-0.3, -0.25) is 9.78 Å². The average molecular weight is 274 g/mol. The number of rotatable bonds is 4. The summed E-state index contributed by atoms with van der Waals surface area (Å²) >= 11 is 0. The monoisotopic (exact) mass is 274 g/mol. The molecule has 0 aliphatic carbocycles. The summed E-state index contributed by atoms with van der Waals surface area (Å²) in [5.41, 5.74) is 0.548. The van der Waals surface area contributed by atoms with Gasteiger partial charge >= 0.3 is 0 Å². The van der Waals surface area contributed by atoms with Gasteiger partial charge in [0.05, 0.1) is 6.04 Å². The number of amides is 1. The quantitative estimate of drug-likeness (QED) is 0.901. The van der Waals surface area contributed by atoms with Gasteiger partial charge in [-0.05, 0) is 36.2 Å². The molecule has 0 unspecified atom stereocenters. The number of phenols is 1. The number of hydrogen-bond acceptors (Lipinski definition) is 3.